The number of nitrogens with zero attached hydrogens (tertiary/aromatic N) is 14. The fourth-order valence-electron chi connectivity index (χ4n) is 10.1. The Morgan fingerprint density at radius 3 is 1.16 bits per heavy atom. The summed E-state index contributed by atoms with van der Waals surface area (Å²) >= 11 is 9.66. The van der Waals surface area contributed by atoms with Crippen molar-refractivity contribution in [3.8, 4) is 11.4 Å². The second-order valence-electron chi connectivity index (χ2n) is 22.0. The van der Waals surface area contributed by atoms with Crippen LogP contribution >= 0.6 is 35.1 Å². The van der Waals surface area contributed by atoms with E-state index < -0.39 is 0 Å². The van der Waals surface area contributed by atoms with Gasteiger partial charge in [0.05, 0.1) is 16.1 Å². The number of para-hydroxylation sites is 1. The summed E-state index contributed by atoms with van der Waals surface area (Å²) in [6, 6.07) is 63.8. The number of nitrogens with one attached hydrogen (secondary N) is 5. The summed E-state index contributed by atoms with van der Waals surface area (Å²) in [5.41, 5.74) is 29.5. The summed E-state index contributed by atoms with van der Waals surface area (Å²) in [5, 5.41) is 19.3. The fraction of sp³-hybridized carbons (Fsp3) is 0.0541. The molecule has 0 bridgehead atoms. The molecule has 0 aliphatic carbocycles. The molecule has 5 aromatic carbocycles. The highest BCUT2D eigenvalue weighted by Gasteiger charge is 2.12. The van der Waals surface area contributed by atoms with Gasteiger partial charge in [0.15, 0.2) is 0 Å². The minimum atomic E-state index is 0.239. The third kappa shape index (κ3) is 18.7. The quantitative estimate of drug-likeness (QED) is 0.0446. The van der Waals surface area contributed by atoms with Crippen LogP contribution in [-0.4, -0.2) is 68.9 Å². The highest BCUT2D eigenvalue weighted by Crippen LogP contribution is 2.36. The zero-order valence-corrected chi connectivity index (χ0v) is 56.3. The topological polar surface area (TPSA) is 303 Å². The van der Waals surface area contributed by atoms with E-state index in [0.29, 0.717) is 28.4 Å². The van der Waals surface area contributed by atoms with Gasteiger partial charge in [-0.3, -0.25) is 19.9 Å². The van der Waals surface area contributed by atoms with E-state index in [1.807, 2.05) is 167 Å². The van der Waals surface area contributed by atoms with Crippen molar-refractivity contribution in [2.75, 3.05) is 43.8 Å². The number of hydrogen-bond acceptors (Lipinski definition) is 22. The van der Waals surface area contributed by atoms with E-state index in [9.17, 15) is 0 Å². The van der Waals surface area contributed by atoms with Crippen molar-refractivity contribution in [1.82, 2.24) is 68.9 Å². The lowest BCUT2D eigenvalue weighted by atomic mass is 10.2. The molecule has 0 spiro atoms. The van der Waals surface area contributed by atoms with Crippen LogP contribution in [0.3, 0.4) is 0 Å². The van der Waals surface area contributed by atoms with E-state index in [-0.39, 0.29) is 17.8 Å². The van der Waals surface area contributed by atoms with Crippen molar-refractivity contribution < 1.29 is 0 Å². The molecule has 0 amide bonds. The monoisotopic (exact) mass is 1360 g/mol. The lowest BCUT2D eigenvalue weighted by molar-refractivity contribution is 1.11. The molecule has 22 nitrogen and oxygen atoms in total. The maximum atomic E-state index is 6.37. The van der Waals surface area contributed by atoms with Crippen molar-refractivity contribution >= 4 is 132 Å². The lowest BCUT2D eigenvalue weighted by Crippen LogP contribution is -2.02. The zero-order chi connectivity index (χ0) is 68.5. The van der Waals surface area contributed by atoms with Gasteiger partial charge < -0.3 is 52.9 Å². The molecule has 0 radical (unpaired) electrons. The molecule has 0 saturated heterocycles. The minimum Gasteiger partial charge on any atom is -0.368 e. The molecule has 10 aromatic heterocycles. The molecule has 490 valence electrons. The van der Waals surface area contributed by atoms with E-state index >= 15 is 0 Å². The van der Waals surface area contributed by atoms with Gasteiger partial charge in [0, 0.05) is 179 Å². The molecule has 0 aliphatic heterocycles. The van der Waals surface area contributed by atoms with Crippen molar-refractivity contribution in [3.05, 3.63) is 284 Å². The van der Waals surface area contributed by atoms with Gasteiger partial charge in [-0.2, -0.15) is 19.9 Å². The molecule has 0 unspecified atom stereocenters. The van der Waals surface area contributed by atoms with Crippen LogP contribution < -0.4 is 43.8 Å². The Labute approximate surface area is 584 Å². The number of fused-ring (bicyclic) bond motifs is 2. The Balaban J connectivity index is 0.000000126. The summed E-state index contributed by atoms with van der Waals surface area (Å²) in [5.74, 6) is 4.11. The van der Waals surface area contributed by atoms with Gasteiger partial charge in [-0.05, 0) is 179 Å². The van der Waals surface area contributed by atoms with E-state index in [4.69, 9.17) is 28.8 Å². The number of halogens is 1. The van der Waals surface area contributed by atoms with Crippen molar-refractivity contribution in [2.45, 2.75) is 47.3 Å². The van der Waals surface area contributed by atoms with Crippen LogP contribution in [0, 0.1) is 27.7 Å². The molecule has 0 fully saturated rings. The standard InChI is InChI=1S/C24H20N6.C18H16N6.C16H14ClN5S.C16H15N5S/c1-17-15-23(29-24(26-17)28-19-5-3-2-4-6-19)27-20-7-8-22-18(16-20)11-14-30(22)21-9-12-25-13-10-21;1-12-10-17(23-18(19)21-12)22-14-2-3-16-13(11-14)6-9-24(16)15-4-7-20-8-5-15;1-10-8-15(22-16(18)20-10)21-11-2-3-14(13(17)9-11)23-12-4-6-19-7-5-12;1-11-10-15(21-16(17)19-11)20-12-2-4-13(5-3-12)22-14-6-8-18-9-7-14/h2-16H,1H3,(H2,26,27,28,29);2-11H,1H3,(H3,19,21,22,23);2-9H,1H3,(H3,18,20,21,22);2-10H,1H3,(H3,17,19,20,21). The first-order valence-corrected chi connectivity index (χ1v) is 32.9. The first kappa shape index (κ1) is 66.5. The normalized spacial score (nSPS) is 10.7. The van der Waals surface area contributed by atoms with Crippen molar-refractivity contribution in [1.29, 1.82) is 0 Å². The van der Waals surface area contributed by atoms with E-state index in [0.717, 1.165) is 110 Å². The average molecular weight is 1360 g/mol. The molecule has 0 atom stereocenters. The summed E-state index contributed by atoms with van der Waals surface area (Å²) in [4.78, 5) is 54.4. The van der Waals surface area contributed by atoms with E-state index in [1.165, 1.54) is 0 Å². The Kier molecular flexibility index (Phi) is 21.4. The molecule has 25 heteroatoms. The van der Waals surface area contributed by atoms with Crippen LogP contribution in [0.25, 0.3) is 33.2 Å². The fourth-order valence-corrected chi connectivity index (χ4v) is 12.0. The molecular formula is C74H65ClN22S2. The molecule has 99 heavy (non-hydrogen) atoms. The predicted octanol–water partition coefficient (Wildman–Crippen LogP) is 17.0. The summed E-state index contributed by atoms with van der Waals surface area (Å²) in [6.07, 6.45) is 18.4. The Morgan fingerprint density at radius 2 is 0.707 bits per heavy atom. The number of rotatable bonds is 16. The van der Waals surface area contributed by atoms with Crippen LogP contribution in [0.5, 0.6) is 0 Å². The largest absolute Gasteiger partial charge is 0.368 e. The number of hydrogen-bond donors (Lipinski definition) is 8. The highest BCUT2D eigenvalue weighted by atomic mass is 35.5. The van der Waals surface area contributed by atoms with Gasteiger partial charge in [0.1, 0.15) is 23.3 Å². The van der Waals surface area contributed by atoms with Gasteiger partial charge in [0.25, 0.3) is 0 Å². The van der Waals surface area contributed by atoms with Crippen molar-refractivity contribution in [3.63, 3.8) is 0 Å². The number of aromatic nitrogens is 14. The average Bonchev–Trinajstić information content (AvgIpc) is 1.70. The summed E-state index contributed by atoms with van der Waals surface area (Å²) in [7, 11) is 0. The summed E-state index contributed by atoms with van der Waals surface area (Å²) < 4.78 is 4.28. The van der Waals surface area contributed by atoms with Crippen molar-refractivity contribution in [2.24, 2.45) is 0 Å². The second kappa shape index (κ2) is 31.8. The first-order chi connectivity index (χ1) is 48.2. The summed E-state index contributed by atoms with van der Waals surface area (Å²) in [6.45, 7) is 7.60. The maximum Gasteiger partial charge on any atom is 0.229 e. The Bertz CT molecular complexity index is 5110. The third-order valence-electron chi connectivity index (χ3n) is 14.4. The molecular weight excluding hydrogens is 1300 g/mol. The Hall–Kier alpha value is -12.5. The van der Waals surface area contributed by atoms with Gasteiger partial charge in [-0.1, -0.05) is 53.3 Å². The maximum absolute atomic E-state index is 6.37. The number of anilines is 13. The SMILES string of the molecule is Cc1cc(Nc2ccc(Sc3ccncc3)c(Cl)c2)nc(N)n1.Cc1cc(Nc2ccc(Sc3ccncc3)cc2)nc(N)n1.Cc1cc(Nc2ccc3c(ccn3-c3ccncc3)c2)nc(N)n1.Cc1cc(Nc2ccc3c(ccn3-c3ccncc3)c2)nc(Nc2ccccc2)n1. The van der Waals surface area contributed by atoms with Gasteiger partial charge in [-0.25, -0.2) is 19.9 Å². The number of benzene rings is 5. The first-order valence-electron chi connectivity index (χ1n) is 30.9. The molecule has 0 aliphatic rings. The molecule has 0 saturated carbocycles. The van der Waals surface area contributed by atoms with Gasteiger partial charge >= 0.3 is 0 Å². The minimum absolute atomic E-state index is 0.239. The zero-order valence-electron chi connectivity index (χ0n) is 53.9. The number of pyridine rings is 4. The third-order valence-corrected chi connectivity index (χ3v) is 16.9. The van der Waals surface area contributed by atoms with Gasteiger partial charge in [-0.15, -0.1) is 0 Å². The molecule has 15 rings (SSSR count). The van der Waals surface area contributed by atoms with Crippen LogP contribution in [0.1, 0.15) is 22.8 Å². The molecule has 10 heterocycles. The predicted molar refractivity (Wildman–Crippen MR) is 400 cm³/mol. The van der Waals surface area contributed by atoms with E-state index in [1.54, 1.807) is 73.1 Å². The molecule has 15 aromatic rings. The van der Waals surface area contributed by atoms with Crippen LogP contribution in [0.15, 0.2) is 276 Å². The van der Waals surface area contributed by atoms with Crippen LogP contribution in [-0.2, 0) is 0 Å². The van der Waals surface area contributed by atoms with E-state index in [2.05, 4.69) is 163 Å². The number of aryl methyl sites for hydroxylation is 4. The highest BCUT2D eigenvalue weighted by molar-refractivity contribution is 7.99. The van der Waals surface area contributed by atoms with Crippen LogP contribution in [0.4, 0.5) is 75.5 Å². The lowest BCUT2D eigenvalue weighted by Gasteiger charge is -2.11. The van der Waals surface area contributed by atoms with Gasteiger partial charge in [0.2, 0.25) is 23.8 Å². The van der Waals surface area contributed by atoms with Crippen LogP contribution in [0.2, 0.25) is 5.02 Å². The molecule has 11 N–H and O–H groups in total. The second-order valence-corrected chi connectivity index (χ2v) is 24.7. The Morgan fingerprint density at radius 1 is 0.333 bits per heavy atom. The number of nitrogens with two attached hydrogens (primary N) is 3. The number of nitrogen functional groups attached to an aromatic ring is 3. The smallest absolute Gasteiger partial charge is 0.229 e.